The Bertz CT molecular complexity index is 1330. The minimum absolute atomic E-state index is 0.303. The zero-order valence-electron chi connectivity index (χ0n) is 22.1. The Balaban J connectivity index is 0.000000323. The van der Waals surface area contributed by atoms with Crippen molar-refractivity contribution in [3.8, 4) is 23.0 Å². The summed E-state index contributed by atoms with van der Waals surface area (Å²) in [5.41, 5.74) is 2.53. The fourth-order valence-electron chi connectivity index (χ4n) is 5.47. The first kappa shape index (κ1) is 27.1. The Hall–Kier alpha value is -3.98. The molecule has 2 aliphatic heterocycles. The van der Waals surface area contributed by atoms with Gasteiger partial charge in [0, 0.05) is 18.2 Å². The first-order valence-corrected chi connectivity index (χ1v) is 12.3. The third-order valence-electron chi connectivity index (χ3n) is 7.32. The van der Waals surface area contributed by atoms with E-state index in [2.05, 4.69) is 35.7 Å². The lowest BCUT2D eigenvalue weighted by Gasteiger charge is -2.33. The van der Waals surface area contributed by atoms with Crippen molar-refractivity contribution in [3.05, 3.63) is 47.5 Å². The summed E-state index contributed by atoms with van der Waals surface area (Å²) in [6, 6.07) is 9.12. The van der Waals surface area contributed by atoms with Crippen LogP contribution in [0.25, 0.3) is 21.5 Å². The summed E-state index contributed by atoms with van der Waals surface area (Å²) in [5.74, 6) is 0.585. The first-order valence-electron chi connectivity index (χ1n) is 12.3. The maximum Gasteiger partial charge on any atom is 0.331 e. The van der Waals surface area contributed by atoms with Gasteiger partial charge in [-0.05, 0) is 82.7 Å². The van der Waals surface area contributed by atoms with E-state index in [-0.39, 0.29) is 5.57 Å². The fourth-order valence-corrected chi connectivity index (χ4v) is 5.47. The van der Waals surface area contributed by atoms with Crippen molar-refractivity contribution in [2.75, 3.05) is 35.0 Å². The van der Waals surface area contributed by atoms with Gasteiger partial charge in [-0.3, -0.25) is 9.69 Å². The number of aliphatic carboxylic acids is 2. The average Bonchev–Trinajstić information content (AvgIpc) is 3.38. The van der Waals surface area contributed by atoms with Gasteiger partial charge in [-0.15, -0.1) is 0 Å². The van der Waals surface area contributed by atoms with Gasteiger partial charge in [0.2, 0.25) is 0 Å². The van der Waals surface area contributed by atoms with Crippen LogP contribution in [0.1, 0.15) is 30.4 Å². The van der Waals surface area contributed by atoms with Crippen molar-refractivity contribution < 1.29 is 38.7 Å². The van der Waals surface area contributed by atoms with Gasteiger partial charge in [0.15, 0.2) is 23.0 Å². The highest BCUT2D eigenvalue weighted by Crippen LogP contribution is 2.46. The predicted octanol–water partition coefficient (Wildman–Crippen LogP) is 4.65. The number of methoxy groups -OCH3 is 4. The lowest BCUT2D eigenvalue weighted by molar-refractivity contribution is -0.139. The van der Waals surface area contributed by atoms with Gasteiger partial charge in [0.1, 0.15) is 0 Å². The molecule has 0 bridgehead atoms. The molecule has 0 amide bonds. The van der Waals surface area contributed by atoms with Gasteiger partial charge in [-0.25, -0.2) is 4.79 Å². The normalized spacial score (nSPS) is 16.2. The van der Waals surface area contributed by atoms with Gasteiger partial charge >= 0.3 is 11.9 Å². The summed E-state index contributed by atoms with van der Waals surface area (Å²) in [4.78, 5) is 22.3. The van der Waals surface area contributed by atoms with Crippen LogP contribution in [0, 0.1) is 0 Å². The minimum Gasteiger partial charge on any atom is -0.493 e. The molecule has 0 saturated carbocycles. The highest BCUT2D eigenvalue weighted by atomic mass is 16.5. The molecule has 38 heavy (non-hydrogen) atoms. The summed E-state index contributed by atoms with van der Waals surface area (Å²) >= 11 is 0. The zero-order chi connectivity index (χ0) is 27.6. The van der Waals surface area contributed by atoms with Crippen LogP contribution in [0.5, 0.6) is 23.0 Å². The van der Waals surface area contributed by atoms with Crippen LogP contribution in [0.15, 0.2) is 36.4 Å². The number of nitrogens with zero attached hydrogens (tertiary/aromatic N) is 1. The fraction of sp³-hybridized carbons (Fsp3) is 0.379. The number of benzene rings is 3. The van der Waals surface area contributed by atoms with Crippen molar-refractivity contribution >= 4 is 33.5 Å². The van der Waals surface area contributed by atoms with Gasteiger partial charge in [-0.2, -0.15) is 0 Å². The van der Waals surface area contributed by atoms with Crippen LogP contribution in [0.4, 0.5) is 0 Å². The summed E-state index contributed by atoms with van der Waals surface area (Å²) in [6.07, 6.45) is 3.13. The predicted molar refractivity (Wildman–Crippen MR) is 144 cm³/mol. The Morgan fingerprint density at radius 3 is 1.74 bits per heavy atom. The van der Waals surface area contributed by atoms with Crippen LogP contribution in [-0.2, 0) is 22.6 Å². The molecule has 202 valence electrons. The average molecular weight is 524 g/mol. The Morgan fingerprint density at radius 2 is 1.32 bits per heavy atom. The first-order chi connectivity index (χ1) is 18.2. The van der Waals surface area contributed by atoms with Gasteiger partial charge < -0.3 is 29.2 Å². The van der Waals surface area contributed by atoms with Crippen molar-refractivity contribution in [1.82, 2.24) is 4.90 Å². The van der Waals surface area contributed by atoms with Crippen LogP contribution < -0.4 is 18.9 Å². The summed E-state index contributed by atoms with van der Waals surface area (Å²) < 4.78 is 22.5. The van der Waals surface area contributed by atoms with E-state index in [0.717, 1.165) is 41.3 Å². The molecule has 0 aliphatic carbocycles. The lowest BCUT2D eigenvalue weighted by atomic mass is 9.85. The van der Waals surface area contributed by atoms with Crippen molar-refractivity contribution in [2.45, 2.75) is 38.3 Å². The maximum atomic E-state index is 9.87. The highest BCUT2D eigenvalue weighted by molar-refractivity contribution is 6.13. The molecule has 3 aromatic carbocycles. The minimum atomic E-state index is -1.27. The van der Waals surface area contributed by atoms with E-state index in [1.165, 1.54) is 46.7 Å². The third kappa shape index (κ3) is 5.06. The topological polar surface area (TPSA) is 115 Å². The van der Waals surface area contributed by atoms with Crippen LogP contribution in [0.3, 0.4) is 0 Å². The molecule has 0 spiro atoms. The summed E-state index contributed by atoms with van der Waals surface area (Å²) in [7, 11) is 6.76. The second kappa shape index (κ2) is 11.2. The number of rotatable bonds is 7. The number of carbonyl (C=O) groups is 2. The van der Waals surface area contributed by atoms with E-state index in [1.54, 1.807) is 28.4 Å². The molecule has 1 fully saturated rings. The second-order valence-corrected chi connectivity index (χ2v) is 9.41. The standard InChI is InChI=1S/C24H27NO4.C5H6O4/c1-26-21-9-16-15-8-14-6-5-7-25(14)13-20(15)19-12-24(29-4)23(28-3)11-18(19)17(16)10-22(21)27-2;1-3(5(8)9)2-4(6)7/h9-12,14H,5-8,13H2,1-4H3;1-2H2,(H,6,7)(H,8,9). The van der Waals surface area contributed by atoms with Crippen LogP contribution in [-0.4, -0.2) is 68.1 Å². The molecule has 2 N–H and O–H groups in total. The molecule has 3 aromatic rings. The Labute approximate surface area is 221 Å². The molecular formula is C29H33NO8. The van der Waals surface area contributed by atoms with E-state index >= 15 is 0 Å². The zero-order valence-corrected chi connectivity index (χ0v) is 22.1. The molecule has 2 heterocycles. The van der Waals surface area contributed by atoms with Crippen LogP contribution >= 0.6 is 0 Å². The molecule has 1 atom stereocenters. The van der Waals surface area contributed by atoms with Gasteiger partial charge in [0.05, 0.1) is 34.9 Å². The van der Waals surface area contributed by atoms with E-state index in [0.29, 0.717) is 6.04 Å². The molecule has 0 radical (unpaired) electrons. The quantitative estimate of drug-likeness (QED) is 0.337. The Morgan fingerprint density at radius 1 is 0.842 bits per heavy atom. The van der Waals surface area contributed by atoms with E-state index in [4.69, 9.17) is 29.2 Å². The van der Waals surface area contributed by atoms with Crippen molar-refractivity contribution in [2.24, 2.45) is 0 Å². The SMILES string of the molecule is C=C(CC(=O)O)C(=O)O.COc1cc2c3c(c4cc(OC)c(OC)cc4c2cc1OC)CN1CCCC1C3. The van der Waals surface area contributed by atoms with Crippen molar-refractivity contribution in [3.63, 3.8) is 0 Å². The second-order valence-electron chi connectivity index (χ2n) is 9.41. The van der Waals surface area contributed by atoms with Crippen LogP contribution in [0.2, 0.25) is 0 Å². The largest absolute Gasteiger partial charge is 0.493 e. The lowest BCUT2D eigenvalue weighted by Crippen LogP contribution is -2.35. The molecule has 1 unspecified atom stereocenters. The Kier molecular flexibility index (Phi) is 7.97. The third-order valence-corrected chi connectivity index (χ3v) is 7.32. The number of ether oxygens (including phenoxy) is 4. The van der Waals surface area contributed by atoms with Crippen molar-refractivity contribution in [1.29, 1.82) is 0 Å². The maximum absolute atomic E-state index is 9.87. The summed E-state index contributed by atoms with van der Waals surface area (Å²) in [5, 5.41) is 20.9. The van der Waals surface area contributed by atoms with E-state index in [9.17, 15) is 9.59 Å². The molecule has 5 rings (SSSR count). The van der Waals surface area contributed by atoms with Gasteiger partial charge in [0.25, 0.3) is 0 Å². The monoisotopic (exact) mass is 523 g/mol. The van der Waals surface area contributed by atoms with E-state index < -0.39 is 18.4 Å². The molecular weight excluding hydrogens is 490 g/mol. The number of fused-ring (bicyclic) bond motifs is 7. The van der Waals surface area contributed by atoms with Gasteiger partial charge in [-0.1, -0.05) is 6.58 Å². The number of hydrogen-bond acceptors (Lipinski definition) is 7. The highest BCUT2D eigenvalue weighted by Gasteiger charge is 2.33. The molecule has 2 aliphatic rings. The van der Waals surface area contributed by atoms with E-state index in [1.807, 2.05) is 0 Å². The summed E-state index contributed by atoms with van der Waals surface area (Å²) in [6.45, 7) is 5.18. The molecule has 0 aromatic heterocycles. The smallest absolute Gasteiger partial charge is 0.331 e. The number of carboxylic acids is 2. The number of hydrogen-bond donors (Lipinski definition) is 2. The molecule has 9 heteroatoms. The number of carboxylic acid groups (broad SMARTS) is 2. The molecule has 9 nitrogen and oxygen atoms in total. The molecule has 1 saturated heterocycles.